The van der Waals surface area contributed by atoms with E-state index in [9.17, 15) is 0 Å². The minimum Gasteiger partial charge on any atom is -0.446 e. The molecule has 0 spiro atoms. The summed E-state index contributed by atoms with van der Waals surface area (Å²) in [6.45, 7) is 2.15. The molecule has 16 heavy (non-hydrogen) atoms. The molecule has 2 unspecified atom stereocenters. The second-order valence-corrected chi connectivity index (χ2v) is 5.70. The molecule has 1 fully saturated rings. The van der Waals surface area contributed by atoms with Crippen molar-refractivity contribution in [2.24, 2.45) is 5.92 Å². The SMILES string of the molecule is CNC(C)Cc1cnc(CC2CCSC2)o1. The minimum absolute atomic E-state index is 0.447. The molecule has 1 N–H and O–H groups in total. The molecular weight excluding hydrogens is 220 g/mol. The van der Waals surface area contributed by atoms with Gasteiger partial charge in [-0.2, -0.15) is 11.8 Å². The quantitative estimate of drug-likeness (QED) is 0.855. The van der Waals surface area contributed by atoms with Gasteiger partial charge in [-0.25, -0.2) is 4.98 Å². The van der Waals surface area contributed by atoms with Crippen molar-refractivity contribution >= 4 is 11.8 Å². The fourth-order valence-electron chi connectivity index (χ4n) is 1.93. The van der Waals surface area contributed by atoms with Crippen LogP contribution in [-0.4, -0.2) is 29.6 Å². The van der Waals surface area contributed by atoms with Gasteiger partial charge in [0.05, 0.1) is 6.20 Å². The van der Waals surface area contributed by atoms with Gasteiger partial charge in [0.15, 0.2) is 5.89 Å². The number of likely N-dealkylation sites (N-methyl/N-ethyl adjacent to an activating group) is 1. The van der Waals surface area contributed by atoms with Gasteiger partial charge in [0.25, 0.3) is 0 Å². The summed E-state index contributed by atoms with van der Waals surface area (Å²) in [7, 11) is 1.97. The average molecular weight is 240 g/mol. The first-order valence-corrected chi connectivity index (χ1v) is 7.12. The first kappa shape index (κ1) is 12.0. The molecule has 4 heteroatoms. The Kier molecular flexibility index (Phi) is 4.29. The van der Waals surface area contributed by atoms with Crippen molar-refractivity contribution < 1.29 is 4.42 Å². The summed E-state index contributed by atoms with van der Waals surface area (Å²) in [4.78, 5) is 4.36. The molecule has 2 heterocycles. The van der Waals surface area contributed by atoms with Crippen LogP contribution in [-0.2, 0) is 12.8 Å². The molecule has 0 aromatic carbocycles. The molecule has 0 aliphatic carbocycles. The van der Waals surface area contributed by atoms with Crippen LogP contribution in [0.1, 0.15) is 25.0 Å². The zero-order chi connectivity index (χ0) is 11.4. The predicted molar refractivity (Wildman–Crippen MR) is 67.9 cm³/mol. The molecule has 0 amide bonds. The van der Waals surface area contributed by atoms with Crippen molar-refractivity contribution in [3.63, 3.8) is 0 Å². The van der Waals surface area contributed by atoms with E-state index in [1.54, 1.807) is 0 Å². The molecule has 1 aromatic rings. The zero-order valence-electron chi connectivity index (χ0n) is 10.0. The van der Waals surface area contributed by atoms with Crippen LogP contribution in [0.5, 0.6) is 0 Å². The maximum atomic E-state index is 5.76. The Morgan fingerprint density at radius 2 is 2.56 bits per heavy atom. The van der Waals surface area contributed by atoms with E-state index in [0.29, 0.717) is 6.04 Å². The van der Waals surface area contributed by atoms with E-state index < -0.39 is 0 Å². The number of nitrogens with one attached hydrogen (secondary N) is 1. The highest BCUT2D eigenvalue weighted by Crippen LogP contribution is 2.26. The second-order valence-electron chi connectivity index (χ2n) is 4.55. The summed E-state index contributed by atoms with van der Waals surface area (Å²) in [6.07, 6.45) is 5.13. The number of thioether (sulfide) groups is 1. The first-order valence-electron chi connectivity index (χ1n) is 5.96. The van der Waals surface area contributed by atoms with E-state index in [-0.39, 0.29) is 0 Å². The van der Waals surface area contributed by atoms with Gasteiger partial charge in [-0.15, -0.1) is 0 Å². The Morgan fingerprint density at radius 1 is 1.69 bits per heavy atom. The van der Waals surface area contributed by atoms with Crippen LogP contribution in [0.25, 0.3) is 0 Å². The molecule has 1 aromatic heterocycles. The van der Waals surface area contributed by atoms with E-state index in [2.05, 4.69) is 17.2 Å². The molecule has 2 rings (SSSR count). The lowest BCUT2D eigenvalue weighted by Crippen LogP contribution is -2.23. The van der Waals surface area contributed by atoms with Crippen LogP contribution in [0, 0.1) is 5.92 Å². The van der Waals surface area contributed by atoms with E-state index in [0.717, 1.165) is 30.4 Å². The van der Waals surface area contributed by atoms with Crippen molar-refractivity contribution in [1.29, 1.82) is 0 Å². The summed E-state index contributed by atoms with van der Waals surface area (Å²) in [5, 5.41) is 3.20. The topological polar surface area (TPSA) is 38.1 Å². The number of rotatable bonds is 5. The molecule has 0 bridgehead atoms. The zero-order valence-corrected chi connectivity index (χ0v) is 10.8. The van der Waals surface area contributed by atoms with Gasteiger partial charge in [-0.1, -0.05) is 0 Å². The molecule has 0 radical (unpaired) electrons. The maximum absolute atomic E-state index is 5.76. The fraction of sp³-hybridized carbons (Fsp3) is 0.750. The standard InChI is InChI=1S/C12H20N2OS/c1-9(13-2)5-11-7-14-12(15-11)6-10-3-4-16-8-10/h7,9-10,13H,3-6,8H2,1-2H3. The number of hydrogen-bond donors (Lipinski definition) is 1. The van der Waals surface area contributed by atoms with Gasteiger partial charge in [0.1, 0.15) is 5.76 Å². The summed E-state index contributed by atoms with van der Waals surface area (Å²) in [6, 6.07) is 0.447. The largest absolute Gasteiger partial charge is 0.446 e. The van der Waals surface area contributed by atoms with Crippen LogP contribution in [0.4, 0.5) is 0 Å². The van der Waals surface area contributed by atoms with Crippen molar-refractivity contribution in [1.82, 2.24) is 10.3 Å². The van der Waals surface area contributed by atoms with E-state index >= 15 is 0 Å². The molecule has 90 valence electrons. The fourth-order valence-corrected chi connectivity index (χ4v) is 3.22. The molecule has 1 aliphatic rings. The Morgan fingerprint density at radius 3 is 3.25 bits per heavy atom. The van der Waals surface area contributed by atoms with Gasteiger partial charge in [0.2, 0.25) is 0 Å². The Balaban J connectivity index is 1.86. The molecule has 1 saturated heterocycles. The normalized spacial score (nSPS) is 22.5. The summed E-state index contributed by atoms with van der Waals surface area (Å²) in [5.41, 5.74) is 0. The predicted octanol–water partition coefficient (Wildman–Crippen LogP) is 2.12. The third-order valence-electron chi connectivity index (χ3n) is 3.09. The molecule has 3 nitrogen and oxygen atoms in total. The third-order valence-corrected chi connectivity index (χ3v) is 4.32. The number of hydrogen-bond acceptors (Lipinski definition) is 4. The highest BCUT2D eigenvalue weighted by Gasteiger charge is 2.18. The van der Waals surface area contributed by atoms with Crippen molar-refractivity contribution in [2.75, 3.05) is 18.6 Å². The summed E-state index contributed by atoms with van der Waals surface area (Å²) >= 11 is 2.04. The Hall–Kier alpha value is -0.480. The highest BCUT2D eigenvalue weighted by atomic mass is 32.2. The summed E-state index contributed by atoms with van der Waals surface area (Å²) in [5.74, 6) is 5.27. The van der Waals surface area contributed by atoms with Crippen molar-refractivity contribution in [3.8, 4) is 0 Å². The highest BCUT2D eigenvalue weighted by molar-refractivity contribution is 7.99. The van der Waals surface area contributed by atoms with Crippen LogP contribution in [0.2, 0.25) is 0 Å². The average Bonchev–Trinajstić information content (AvgIpc) is 2.91. The number of nitrogens with zero attached hydrogens (tertiary/aromatic N) is 1. The van der Waals surface area contributed by atoms with Gasteiger partial charge in [0, 0.05) is 18.9 Å². The Bertz CT molecular complexity index is 321. The van der Waals surface area contributed by atoms with E-state index in [4.69, 9.17) is 4.42 Å². The van der Waals surface area contributed by atoms with Gasteiger partial charge < -0.3 is 9.73 Å². The van der Waals surface area contributed by atoms with Crippen molar-refractivity contribution in [2.45, 2.75) is 32.2 Å². The van der Waals surface area contributed by atoms with Gasteiger partial charge in [-0.3, -0.25) is 0 Å². The van der Waals surface area contributed by atoms with Crippen LogP contribution >= 0.6 is 11.8 Å². The maximum Gasteiger partial charge on any atom is 0.194 e. The summed E-state index contributed by atoms with van der Waals surface area (Å²) < 4.78 is 5.76. The minimum atomic E-state index is 0.447. The number of oxazole rings is 1. The molecular formula is C12H20N2OS. The smallest absolute Gasteiger partial charge is 0.194 e. The lowest BCUT2D eigenvalue weighted by Gasteiger charge is -2.06. The molecule has 1 aliphatic heterocycles. The lowest BCUT2D eigenvalue weighted by molar-refractivity contribution is 0.408. The van der Waals surface area contributed by atoms with Gasteiger partial charge >= 0.3 is 0 Å². The first-order chi connectivity index (χ1) is 7.78. The van der Waals surface area contributed by atoms with Gasteiger partial charge in [-0.05, 0) is 37.8 Å². The second kappa shape index (κ2) is 5.73. The van der Waals surface area contributed by atoms with Crippen LogP contribution in [0.15, 0.2) is 10.6 Å². The number of aromatic nitrogens is 1. The van der Waals surface area contributed by atoms with Crippen molar-refractivity contribution in [3.05, 3.63) is 17.8 Å². The van der Waals surface area contributed by atoms with Crippen LogP contribution < -0.4 is 5.32 Å². The van der Waals surface area contributed by atoms with E-state index in [1.165, 1.54) is 17.9 Å². The molecule has 2 atom stereocenters. The third kappa shape index (κ3) is 3.25. The monoisotopic (exact) mass is 240 g/mol. The Labute approximate surface area is 101 Å². The van der Waals surface area contributed by atoms with Crippen LogP contribution in [0.3, 0.4) is 0 Å². The molecule has 0 saturated carbocycles. The van der Waals surface area contributed by atoms with E-state index in [1.807, 2.05) is 25.0 Å². The lowest BCUT2D eigenvalue weighted by atomic mass is 10.1.